The Hall–Kier alpha value is -1.47. The van der Waals surface area contributed by atoms with E-state index in [-0.39, 0.29) is 10.8 Å². The number of pyridine rings is 1. The van der Waals surface area contributed by atoms with Crippen LogP contribution in [0.25, 0.3) is 5.65 Å². The van der Waals surface area contributed by atoms with Gasteiger partial charge in [-0.1, -0.05) is 22.0 Å². The zero-order valence-electron chi connectivity index (χ0n) is 9.37. The minimum Gasteiger partial charge on any atom is -0.358 e. The van der Waals surface area contributed by atoms with Crippen LogP contribution < -0.4 is 0 Å². The monoisotopic (exact) mass is 298 g/mol. The fourth-order valence-corrected chi connectivity index (χ4v) is 1.89. The molecule has 6 nitrogen and oxygen atoms in total. The minimum absolute atomic E-state index is 0.00354. The van der Waals surface area contributed by atoms with E-state index in [4.69, 9.17) is 0 Å². The van der Waals surface area contributed by atoms with E-state index in [0.29, 0.717) is 11.3 Å². The van der Waals surface area contributed by atoms with Crippen molar-refractivity contribution in [1.82, 2.24) is 14.3 Å². The molecule has 0 N–H and O–H groups in total. The van der Waals surface area contributed by atoms with Gasteiger partial charge in [-0.3, -0.25) is 4.90 Å². The first-order valence-corrected chi connectivity index (χ1v) is 5.86. The summed E-state index contributed by atoms with van der Waals surface area (Å²) in [5.74, 6) is -0.00354. The molecule has 90 valence electrons. The van der Waals surface area contributed by atoms with E-state index in [1.807, 2.05) is 19.0 Å². The van der Waals surface area contributed by atoms with Gasteiger partial charge in [0.05, 0.1) is 6.20 Å². The summed E-state index contributed by atoms with van der Waals surface area (Å²) in [7, 11) is 3.65. The van der Waals surface area contributed by atoms with E-state index in [0.717, 1.165) is 0 Å². The van der Waals surface area contributed by atoms with Crippen LogP contribution in [-0.2, 0) is 0 Å². The second-order valence-corrected chi connectivity index (χ2v) is 4.67. The summed E-state index contributed by atoms with van der Waals surface area (Å²) in [4.78, 5) is 16.5. The number of rotatable bonds is 3. The number of aromatic nitrogens is 2. The summed E-state index contributed by atoms with van der Waals surface area (Å²) in [6.45, 7) is 0. The number of alkyl halides is 1. The maximum atomic E-state index is 11.1. The molecule has 0 amide bonds. The lowest BCUT2D eigenvalue weighted by Gasteiger charge is -2.14. The molecule has 0 radical (unpaired) electrons. The van der Waals surface area contributed by atoms with E-state index in [2.05, 4.69) is 20.9 Å². The Morgan fingerprint density at radius 2 is 2.24 bits per heavy atom. The molecule has 2 aromatic heterocycles. The van der Waals surface area contributed by atoms with Crippen LogP contribution in [0, 0.1) is 10.1 Å². The standard InChI is InChI=1S/C10H11BrN4O2/c1-13(2)9(11)8-10(15(16)17)14-6-4-3-5-7(14)12-8/h3-6,9H,1-2H3. The van der Waals surface area contributed by atoms with Crippen LogP contribution in [0.1, 0.15) is 10.6 Å². The highest BCUT2D eigenvalue weighted by molar-refractivity contribution is 9.09. The average molecular weight is 299 g/mol. The molecule has 0 aliphatic heterocycles. The Morgan fingerprint density at radius 1 is 1.53 bits per heavy atom. The molecule has 17 heavy (non-hydrogen) atoms. The quantitative estimate of drug-likeness (QED) is 0.377. The van der Waals surface area contributed by atoms with Crippen LogP contribution in [0.15, 0.2) is 24.4 Å². The van der Waals surface area contributed by atoms with Crippen LogP contribution in [0.4, 0.5) is 5.82 Å². The number of imidazole rings is 1. The van der Waals surface area contributed by atoms with Gasteiger partial charge in [-0.25, -0.2) is 4.98 Å². The number of nitro groups is 1. The SMILES string of the molecule is CN(C)C(Br)c1nc2ccccn2c1[N+](=O)[O-]. The van der Waals surface area contributed by atoms with Crippen molar-refractivity contribution in [3.05, 3.63) is 40.2 Å². The van der Waals surface area contributed by atoms with Crippen molar-refractivity contribution in [2.24, 2.45) is 0 Å². The number of fused-ring (bicyclic) bond motifs is 1. The van der Waals surface area contributed by atoms with Gasteiger partial charge in [0.1, 0.15) is 4.95 Å². The van der Waals surface area contributed by atoms with E-state index in [1.165, 1.54) is 4.40 Å². The highest BCUT2D eigenvalue weighted by Crippen LogP contribution is 2.32. The highest BCUT2D eigenvalue weighted by atomic mass is 79.9. The van der Waals surface area contributed by atoms with Gasteiger partial charge in [0.25, 0.3) is 0 Å². The van der Waals surface area contributed by atoms with Crippen molar-refractivity contribution >= 4 is 27.4 Å². The van der Waals surface area contributed by atoms with Gasteiger partial charge in [0, 0.05) is 6.07 Å². The summed E-state index contributed by atoms with van der Waals surface area (Å²) in [5.41, 5.74) is 0.978. The number of hydrogen-bond donors (Lipinski definition) is 0. The van der Waals surface area contributed by atoms with Crippen molar-refractivity contribution in [2.45, 2.75) is 4.95 Å². The zero-order valence-corrected chi connectivity index (χ0v) is 11.0. The lowest BCUT2D eigenvalue weighted by atomic mass is 10.4. The summed E-state index contributed by atoms with van der Waals surface area (Å²) in [6.07, 6.45) is 1.64. The molecule has 1 unspecified atom stereocenters. The van der Waals surface area contributed by atoms with E-state index in [9.17, 15) is 10.1 Å². The first-order chi connectivity index (χ1) is 8.02. The topological polar surface area (TPSA) is 63.7 Å². The Kier molecular flexibility index (Phi) is 3.12. The second-order valence-electron chi connectivity index (χ2n) is 3.81. The average Bonchev–Trinajstić information content (AvgIpc) is 2.66. The number of halogens is 1. The maximum absolute atomic E-state index is 11.1. The van der Waals surface area contributed by atoms with Crippen molar-refractivity contribution in [2.75, 3.05) is 14.1 Å². The number of hydrogen-bond acceptors (Lipinski definition) is 4. The van der Waals surface area contributed by atoms with Gasteiger partial charge in [-0.15, -0.1) is 0 Å². The van der Waals surface area contributed by atoms with Gasteiger partial charge in [-0.2, -0.15) is 4.40 Å². The summed E-state index contributed by atoms with van der Waals surface area (Å²) >= 11 is 3.39. The molecule has 7 heteroatoms. The molecule has 2 heterocycles. The van der Waals surface area contributed by atoms with Crippen LogP contribution >= 0.6 is 15.9 Å². The van der Waals surface area contributed by atoms with Crippen molar-refractivity contribution < 1.29 is 4.92 Å². The van der Waals surface area contributed by atoms with Gasteiger partial charge >= 0.3 is 5.82 Å². The summed E-state index contributed by atoms with van der Waals surface area (Å²) < 4.78 is 1.48. The minimum atomic E-state index is -0.410. The molecule has 2 aromatic rings. The van der Waals surface area contributed by atoms with Crippen LogP contribution in [-0.4, -0.2) is 33.3 Å². The fraction of sp³-hybridized carbons (Fsp3) is 0.300. The van der Waals surface area contributed by atoms with E-state index in [1.54, 1.807) is 24.4 Å². The van der Waals surface area contributed by atoms with Crippen LogP contribution in [0.3, 0.4) is 0 Å². The molecular formula is C10H11BrN4O2. The van der Waals surface area contributed by atoms with Crippen molar-refractivity contribution in [1.29, 1.82) is 0 Å². The number of nitrogens with zero attached hydrogens (tertiary/aromatic N) is 4. The van der Waals surface area contributed by atoms with Gasteiger partial charge < -0.3 is 10.1 Å². The molecule has 2 rings (SSSR count). The maximum Gasteiger partial charge on any atom is 0.353 e. The zero-order chi connectivity index (χ0) is 12.6. The molecule has 0 spiro atoms. The summed E-state index contributed by atoms with van der Waals surface area (Å²) in [5, 5.41) is 11.1. The molecule has 0 saturated heterocycles. The molecular weight excluding hydrogens is 288 g/mol. The molecule has 0 aliphatic rings. The Balaban J connectivity index is 2.70. The smallest absolute Gasteiger partial charge is 0.353 e. The van der Waals surface area contributed by atoms with Gasteiger partial charge in [-0.05, 0) is 25.1 Å². The van der Waals surface area contributed by atoms with Crippen LogP contribution in [0.5, 0.6) is 0 Å². The normalized spacial score (nSPS) is 13.2. The predicted molar refractivity (Wildman–Crippen MR) is 67.2 cm³/mol. The Labute approximate surface area is 106 Å². The molecule has 0 aliphatic carbocycles. The molecule has 0 saturated carbocycles. The molecule has 0 aromatic carbocycles. The van der Waals surface area contributed by atoms with Crippen molar-refractivity contribution in [3.63, 3.8) is 0 Å². The van der Waals surface area contributed by atoms with E-state index >= 15 is 0 Å². The first kappa shape index (κ1) is 12.0. The lowest BCUT2D eigenvalue weighted by molar-refractivity contribution is -0.391. The third-order valence-corrected chi connectivity index (χ3v) is 3.64. The van der Waals surface area contributed by atoms with Gasteiger partial charge in [0.15, 0.2) is 5.69 Å². The third kappa shape index (κ3) is 2.03. The van der Waals surface area contributed by atoms with Crippen molar-refractivity contribution in [3.8, 4) is 0 Å². The third-order valence-electron chi connectivity index (χ3n) is 2.38. The van der Waals surface area contributed by atoms with Gasteiger partial charge in [0.2, 0.25) is 5.65 Å². The fourth-order valence-electron chi connectivity index (χ4n) is 1.59. The lowest BCUT2D eigenvalue weighted by Crippen LogP contribution is -2.15. The Bertz CT molecular complexity index is 566. The summed E-state index contributed by atoms with van der Waals surface area (Å²) in [6, 6.07) is 5.28. The first-order valence-electron chi connectivity index (χ1n) is 4.94. The predicted octanol–water partition coefficient (Wildman–Crippen LogP) is 2.20. The molecule has 1 atom stereocenters. The second kappa shape index (κ2) is 4.42. The largest absolute Gasteiger partial charge is 0.358 e. The van der Waals surface area contributed by atoms with Crippen LogP contribution in [0.2, 0.25) is 0 Å². The highest BCUT2D eigenvalue weighted by Gasteiger charge is 2.28. The van der Waals surface area contributed by atoms with E-state index < -0.39 is 4.92 Å². The Morgan fingerprint density at radius 3 is 2.82 bits per heavy atom. The molecule has 0 bridgehead atoms. The molecule has 0 fully saturated rings.